The van der Waals surface area contributed by atoms with Gasteiger partial charge in [0, 0.05) is 19.3 Å². The Morgan fingerprint density at radius 3 is 1.00 bits per heavy atom. The first-order valence-electron chi connectivity index (χ1n) is 27.6. The fourth-order valence-corrected chi connectivity index (χ4v) is 7.51. The van der Waals surface area contributed by atoms with E-state index in [1.807, 2.05) is 0 Å². The van der Waals surface area contributed by atoms with Crippen molar-refractivity contribution in [2.45, 2.75) is 264 Å². The highest BCUT2D eigenvalue weighted by atomic mass is 16.6. The van der Waals surface area contributed by atoms with Gasteiger partial charge in [0.05, 0.1) is 0 Å². The van der Waals surface area contributed by atoms with Crippen LogP contribution in [0.15, 0.2) is 85.1 Å². The number of ether oxygens (including phenoxy) is 3. The molecule has 0 spiro atoms. The molecule has 6 nitrogen and oxygen atoms in total. The fraction of sp³-hybridized carbons (Fsp3) is 0.717. The first kappa shape index (κ1) is 62.6. The van der Waals surface area contributed by atoms with Crippen molar-refractivity contribution in [2.24, 2.45) is 0 Å². The molecule has 66 heavy (non-hydrogen) atoms. The van der Waals surface area contributed by atoms with E-state index in [4.69, 9.17) is 14.2 Å². The predicted molar refractivity (Wildman–Crippen MR) is 284 cm³/mol. The Bertz CT molecular complexity index is 1290. The van der Waals surface area contributed by atoms with Gasteiger partial charge < -0.3 is 14.2 Å². The molecule has 6 heteroatoms. The molecule has 0 aromatic heterocycles. The SMILES string of the molecule is CC/C=C\C/C=C\C/C=C\C/C=C\C/C=C\CCCCCC(=O)OCC(COC(=O)CCCCCCC/C=C\C/C=C\CCC)OC(=O)CCCCCCCCCCCCCCCCCC. The minimum atomic E-state index is -0.794. The molecule has 0 aliphatic carbocycles. The normalized spacial score (nSPS) is 12.7. The molecule has 0 fully saturated rings. The number of carbonyl (C=O) groups excluding carboxylic acids is 3. The van der Waals surface area contributed by atoms with E-state index in [1.54, 1.807) is 0 Å². The minimum Gasteiger partial charge on any atom is -0.462 e. The summed E-state index contributed by atoms with van der Waals surface area (Å²) in [7, 11) is 0. The van der Waals surface area contributed by atoms with Gasteiger partial charge >= 0.3 is 17.9 Å². The Kier molecular flexibility index (Phi) is 51.4. The number of allylic oxidation sites excluding steroid dienone is 14. The quantitative estimate of drug-likeness (QED) is 0.0262. The maximum absolute atomic E-state index is 12.8. The van der Waals surface area contributed by atoms with Crippen molar-refractivity contribution in [2.75, 3.05) is 13.2 Å². The van der Waals surface area contributed by atoms with E-state index in [0.29, 0.717) is 19.3 Å². The van der Waals surface area contributed by atoms with Crippen molar-refractivity contribution < 1.29 is 28.6 Å². The lowest BCUT2D eigenvalue weighted by Gasteiger charge is -2.18. The van der Waals surface area contributed by atoms with E-state index in [2.05, 4.69) is 106 Å². The summed E-state index contributed by atoms with van der Waals surface area (Å²) < 4.78 is 16.8. The van der Waals surface area contributed by atoms with Gasteiger partial charge in [-0.05, 0) is 89.9 Å². The maximum atomic E-state index is 12.8. The Morgan fingerprint density at radius 2 is 0.621 bits per heavy atom. The molecule has 1 unspecified atom stereocenters. The monoisotopic (exact) mass is 919 g/mol. The summed E-state index contributed by atoms with van der Waals surface area (Å²) in [6, 6.07) is 0. The molecule has 0 aliphatic rings. The average molecular weight is 919 g/mol. The van der Waals surface area contributed by atoms with E-state index < -0.39 is 6.10 Å². The van der Waals surface area contributed by atoms with Crippen molar-refractivity contribution in [1.29, 1.82) is 0 Å². The van der Waals surface area contributed by atoms with Gasteiger partial charge in [-0.1, -0.05) is 234 Å². The summed E-state index contributed by atoms with van der Waals surface area (Å²) in [5.41, 5.74) is 0. The maximum Gasteiger partial charge on any atom is 0.306 e. The van der Waals surface area contributed by atoms with Gasteiger partial charge in [-0.2, -0.15) is 0 Å². The molecule has 0 N–H and O–H groups in total. The fourth-order valence-electron chi connectivity index (χ4n) is 7.51. The van der Waals surface area contributed by atoms with Crippen molar-refractivity contribution in [3.05, 3.63) is 85.1 Å². The van der Waals surface area contributed by atoms with Crippen LogP contribution in [0.5, 0.6) is 0 Å². The predicted octanol–water partition coefficient (Wildman–Crippen LogP) is 18.4. The van der Waals surface area contributed by atoms with Gasteiger partial charge in [-0.3, -0.25) is 14.4 Å². The second kappa shape index (κ2) is 54.2. The van der Waals surface area contributed by atoms with E-state index in [0.717, 1.165) is 128 Å². The van der Waals surface area contributed by atoms with Crippen LogP contribution in [-0.4, -0.2) is 37.2 Å². The molecule has 0 aromatic carbocycles. The standard InChI is InChI=1S/C60H102O6/c1-4-7-10-13-16-19-22-25-27-29-30-31-33-35-38-41-44-47-50-53-59(62)65-56-57(55-64-58(61)52-49-46-43-40-37-34-24-21-18-15-12-9-6-3)66-60(63)54-51-48-45-42-39-36-32-28-26-23-20-17-14-11-8-5-2/h7,10,12,15-16,19,21,24-25,27,30-31,35,38,57H,4-6,8-9,11,13-14,17-18,20,22-23,26,28-29,32-34,36-37,39-56H2,1-3H3/b10-7-,15-12-,19-16-,24-21-,27-25-,31-30-,38-35-. The van der Waals surface area contributed by atoms with Crippen LogP contribution in [-0.2, 0) is 28.6 Å². The Labute approximate surface area is 407 Å². The second-order valence-electron chi connectivity index (χ2n) is 18.1. The lowest BCUT2D eigenvalue weighted by molar-refractivity contribution is -0.167. The van der Waals surface area contributed by atoms with Gasteiger partial charge in [-0.15, -0.1) is 0 Å². The molecule has 0 amide bonds. The van der Waals surface area contributed by atoms with E-state index in [1.165, 1.54) is 89.9 Å². The lowest BCUT2D eigenvalue weighted by Crippen LogP contribution is -2.30. The van der Waals surface area contributed by atoms with Crippen LogP contribution in [0.4, 0.5) is 0 Å². The highest BCUT2D eigenvalue weighted by Gasteiger charge is 2.19. The summed E-state index contributed by atoms with van der Waals surface area (Å²) >= 11 is 0. The molecule has 0 aromatic rings. The molecule has 0 saturated carbocycles. The lowest BCUT2D eigenvalue weighted by atomic mass is 10.0. The molecule has 0 bridgehead atoms. The summed E-state index contributed by atoms with van der Waals surface area (Å²) in [4.78, 5) is 38.1. The third kappa shape index (κ3) is 51.6. The van der Waals surface area contributed by atoms with Crippen molar-refractivity contribution in [3.8, 4) is 0 Å². The zero-order chi connectivity index (χ0) is 47.9. The first-order chi connectivity index (χ1) is 32.5. The molecule has 0 radical (unpaired) electrons. The van der Waals surface area contributed by atoms with Gasteiger partial charge in [0.1, 0.15) is 13.2 Å². The number of hydrogen-bond donors (Lipinski definition) is 0. The molecular formula is C60H102O6. The van der Waals surface area contributed by atoms with Crippen LogP contribution in [0, 0.1) is 0 Å². The van der Waals surface area contributed by atoms with Crippen molar-refractivity contribution in [3.63, 3.8) is 0 Å². The van der Waals surface area contributed by atoms with Crippen molar-refractivity contribution in [1.82, 2.24) is 0 Å². The summed E-state index contributed by atoms with van der Waals surface area (Å²) in [5.74, 6) is -0.934. The van der Waals surface area contributed by atoms with Gasteiger partial charge in [0.25, 0.3) is 0 Å². The van der Waals surface area contributed by atoms with Gasteiger partial charge in [-0.25, -0.2) is 0 Å². The highest BCUT2D eigenvalue weighted by molar-refractivity contribution is 5.71. The van der Waals surface area contributed by atoms with E-state index >= 15 is 0 Å². The Morgan fingerprint density at radius 1 is 0.318 bits per heavy atom. The zero-order valence-corrected chi connectivity index (χ0v) is 43.2. The van der Waals surface area contributed by atoms with Gasteiger partial charge in [0.15, 0.2) is 6.10 Å². The summed E-state index contributed by atoms with van der Waals surface area (Å²) in [6.07, 6.45) is 70.0. The molecule has 378 valence electrons. The van der Waals surface area contributed by atoms with Gasteiger partial charge in [0.2, 0.25) is 0 Å². The number of carbonyl (C=O) groups is 3. The average Bonchev–Trinajstić information content (AvgIpc) is 3.31. The van der Waals surface area contributed by atoms with Crippen LogP contribution < -0.4 is 0 Å². The van der Waals surface area contributed by atoms with Crippen LogP contribution in [0.25, 0.3) is 0 Å². The number of esters is 3. The minimum absolute atomic E-state index is 0.0932. The third-order valence-electron chi connectivity index (χ3n) is 11.6. The molecule has 0 rings (SSSR count). The van der Waals surface area contributed by atoms with E-state index in [-0.39, 0.29) is 31.1 Å². The first-order valence-corrected chi connectivity index (χ1v) is 27.6. The van der Waals surface area contributed by atoms with Crippen LogP contribution in [0.3, 0.4) is 0 Å². The second-order valence-corrected chi connectivity index (χ2v) is 18.1. The van der Waals surface area contributed by atoms with Crippen LogP contribution in [0.2, 0.25) is 0 Å². The van der Waals surface area contributed by atoms with E-state index in [9.17, 15) is 14.4 Å². The smallest absolute Gasteiger partial charge is 0.306 e. The Balaban J connectivity index is 4.44. The molecule has 0 heterocycles. The topological polar surface area (TPSA) is 78.9 Å². The molecule has 1 atom stereocenters. The van der Waals surface area contributed by atoms with Crippen LogP contribution in [0.1, 0.15) is 258 Å². The molecule has 0 saturated heterocycles. The molecular weight excluding hydrogens is 817 g/mol. The highest BCUT2D eigenvalue weighted by Crippen LogP contribution is 2.15. The Hall–Kier alpha value is -3.41. The molecule has 0 aliphatic heterocycles. The van der Waals surface area contributed by atoms with Crippen molar-refractivity contribution >= 4 is 17.9 Å². The number of hydrogen-bond acceptors (Lipinski definition) is 6. The zero-order valence-electron chi connectivity index (χ0n) is 43.2. The summed E-state index contributed by atoms with van der Waals surface area (Å²) in [6.45, 7) is 6.43. The third-order valence-corrected chi connectivity index (χ3v) is 11.6. The number of unbranched alkanes of at least 4 members (excludes halogenated alkanes) is 24. The number of rotatable bonds is 49. The largest absolute Gasteiger partial charge is 0.462 e. The summed E-state index contributed by atoms with van der Waals surface area (Å²) in [5, 5.41) is 0. The van der Waals surface area contributed by atoms with Crippen LogP contribution >= 0.6 is 0 Å².